The zero-order chi connectivity index (χ0) is 59.8. The van der Waals surface area contributed by atoms with E-state index < -0.39 is 11.4 Å². The van der Waals surface area contributed by atoms with E-state index in [0.29, 0.717) is 65.2 Å². The molecule has 0 amide bonds. The van der Waals surface area contributed by atoms with Crippen molar-refractivity contribution in [2.24, 2.45) is 25.4 Å². The van der Waals surface area contributed by atoms with Gasteiger partial charge in [0.15, 0.2) is 22.8 Å². The van der Waals surface area contributed by atoms with E-state index >= 15 is 0 Å². The Kier molecular flexibility index (Phi) is 16.5. The van der Waals surface area contributed by atoms with Gasteiger partial charge in [-0.1, -0.05) is 85.2 Å². The van der Waals surface area contributed by atoms with E-state index in [2.05, 4.69) is 103 Å². The van der Waals surface area contributed by atoms with E-state index in [1.807, 2.05) is 96.3 Å². The molecule has 0 spiro atoms. The monoisotopic (exact) mass is 1130 g/mol. The fourth-order valence-electron chi connectivity index (χ4n) is 10.8. The van der Waals surface area contributed by atoms with E-state index in [-0.39, 0.29) is 39.4 Å². The SMILES string of the molecule is CNc1nc(=Nc2c(C)cc(C)cc2C)c(N=Nc2nn(-c3nnc(-n4nc(C(C)(C)C)c(C#N)c4N=Nc4c(C)cc(N(CCCC(=O)O)c5c(C)cc(C)cc5C)nc4Nc4c(C)cc(C)cc4C)s3)cc2C#N)c2n1CCCN2C. The number of carboxylic acids is 1. The first-order chi connectivity index (χ1) is 39.5. The van der Waals surface area contributed by atoms with Crippen LogP contribution in [0.4, 0.5) is 63.5 Å². The number of nitrogens with zero attached hydrogens (tertiary/aromatic N) is 18. The average Bonchev–Trinajstić information content (AvgIpc) is 4.08. The molecule has 0 bridgehead atoms. The number of aromatic nitrogens is 9. The molecule has 0 radical (unpaired) electrons. The summed E-state index contributed by atoms with van der Waals surface area (Å²) in [5.74, 6) is 1.62. The molecule has 83 heavy (non-hydrogen) atoms. The molecule has 1 aliphatic heterocycles. The van der Waals surface area contributed by atoms with Crippen LogP contribution in [0.15, 0.2) is 74.1 Å². The van der Waals surface area contributed by atoms with Crippen LogP contribution in [-0.2, 0) is 16.8 Å². The lowest BCUT2D eigenvalue weighted by atomic mass is 9.90. The van der Waals surface area contributed by atoms with Crippen LogP contribution in [0.5, 0.6) is 0 Å². The minimum absolute atomic E-state index is 0.0207. The van der Waals surface area contributed by atoms with Gasteiger partial charge in [-0.05, 0) is 127 Å². The Balaban J connectivity index is 1.14. The van der Waals surface area contributed by atoms with Crippen LogP contribution in [0.1, 0.15) is 112 Å². The number of rotatable bonds is 16. The molecule has 3 aromatic carbocycles. The molecular weight excluding hydrogens is 1060 g/mol. The van der Waals surface area contributed by atoms with Gasteiger partial charge in [-0.15, -0.1) is 35.8 Å². The molecule has 426 valence electrons. The lowest BCUT2D eigenvalue weighted by Gasteiger charge is -2.31. The Labute approximate surface area is 486 Å². The molecule has 0 saturated heterocycles. The molecule has 0 saturated carbocycles. The summed E-state index contributed by atoms with van der Waals surface area (Å²) >= 11 is 1.10. The summed E-state index contributed by atoms with van der Waals surface area (Å²) in [6.45, 7) is 28.0. The molecule has 22 nitrogen and oxygen atoms in total. The van der Waals surface area contributed by atoms with E-state index in [1.165, 1.54) is 15.6 Å². The summed E-state index contributed by atoms with van der Waals surface area (Å²) in [6.07, 6.45) is 2.75. The van der Waals surface area contributed by atoms with E-state index in [4.69, 9.17) is 40.5 Å². The van der Waals surface area contributed by atoms with E-state index in [9.17, 15) is 20.4 Å². The van der Waals surface area contributed by atoms with Gasteiger partial charge < -0.3 is 25.5 Å². The highest BCUT2D eigenvalue weighted by Gasteiger charge is 2.31. The maximum absolute atomic E-state index is 11.8. The van der Waals surface area contributed by atoms with Gasteiger partial charge in [-0.2, -0.15) is 25.3 Å². The molecule has 8 aromatic rings. The van der Waals surface area contributed by atoms with Crippen molar-refractivity contribution >= 4 is 80.8 Å². The summed E-state index contributed by atoms with van der Waals surface area (Å²) < 4.78 is 4.91. The van der Waals surface area contributed by atoms with Gasteiger partial charge in [-0.25, -0.2) is 14.7 Å². The number of fused-ring (bicyclic) bond motifs is 1. The summed E-state index contributed by atoms with van der Waals surface area (Å²) in [7, 11) is 3.81. The van der Waals surface area contributed by atoms with Crippen molar-refractivity contribution < 1.29 is 9.90 Å². The van der Waals surface area contributed by atoms with E-state index in [1.54, 1.807) is 0 Å². The number of benzene rings is 3. The third-order valence-electron chi connectivity index (χ3n) is 14.3. The van der Waals surface area contributed by atoms with Gasteiger partial charge in [0, 0.05) is 56.9 Å². The number of carbonyl (C=O) groups is 1. The van der Waals surface area contributed by atoms with Crippen molar-refractivity contribution in [1.82, 2.24) is 44.3 Å². The van der Waals surface area contributed by atoms with Crippen molar-refractivity contribution in [2.45, 2.75) is 121 Å². The highest BCUT2D eigenvalue weighted by atomic mass is 32.1. The maximum atomic E-state index is 11.8. The number of nitriles is 2. The lowest BCUT2D eigenvalue weighted by molar-refractivity contribution is -0.137. The molecule has 9 rings (SSSR count). The van der Waals surface area contributed by atoms with Crippen LogP contribution in [-0.4, -0.2) is 82.6 Å². The average molecular weight is 1130 g/mol. The van der Waals surface area contributed by atoms with Gasteiger partial charge in [0.2, 0.25) is 22.0 Å². The van der Waals surface area contributed by atoms with Gasteiger partial charge in [0.1, 0.15) is 40.6 Å². The minimum Gasteiger partial charge on any atom is -0.481 e. The maximum Gasteiger partial charge on any atom is 0.303 e. The van der Waals surface area contributed by atoms with Crippen LogP contribution in [0.25, 0.3) is 10.3 Å². The third kappa shape index (κ3) is 12.0. The fourth-order valence-corrected chi connectivity index (χ4v) is 11.5. The van der Waals surface area contributed by atoms with Crippen molar-refractivity contribution in [3.63, 3.8) is 0 Å². The third-order valence-corrected chi connectivity index (χ3v) is 15.2. The van der Waals surface area contributed by atoms with Crippen LogP contribution in [0.3, 0.4) is 0 Å². The second-order valence-corrected chi connectivity index (χ2v) is 23.2. The fraction of sp³-hybridized carbons (Fsp3) is 0.367. The van der Waals surface area contributed by atoms with Crippen LogP contribution >= 0.6 is 11.3 Å². The standard InChI is InChI=1S/C60H68N20O2S/c1-32-22-35(4)46(36(5)23-32)65-53-48(39(8)28-44(64-53)77(20-16-18-45(81)82)50-40(9)26-34(3)27-41(50)10)68-71-55-43(30-62)51(60(11,12)13)74-80(55)59-73-72-58(83-59)79-31-42(29-61)52(75-79)70-69-49-54(66-47-37(6)24-33(2)25-38(47)7)67-57(63-14)78-21-17-19-76(15)56(49)78/h22-28,31H,16-21H2,1-15H3,(H,64,65)(H,81,82)(H,63,66,67). The molecular formula is C60H68N20O2S. The van der Waals surface area contributed by atoms with Gasteiger partial charge >= 0.3 is 5.97 Å². The number of aryl methyl sites for hydroxylation is 10. The van der Waals surface area contributed by atoms with Crippen molar-refractivity contribution in [3.8, 4) is 22.4 Å². The zero-order valence-corrected chi connectivity index (χ0v) is 50.5. The molecule has 0 aliphatic carbocycles. The first kappa shape index (κ1) is 58.2. The number of nitrogens with one attached hydrogen (secondary N) is 2. The van der Waals surface area contributed by atoms with Crippen LogP contribution < -0.4 is 25.9 Å². The lowest BCUT2D eigenvalue weighted by Crippen LogP contribution is -2.33. The van der Waals surface area contributed by atoms with Crippen LogP contribution in [0.2, 0.25) is 0 Å². The Bertz CT molecular complexity index is 4030. The van der Waals surface area contributed by atoms with Gasteiger partial charge in [-0.3, -0.25) is 9.36 Å². The van der Waals surface area contributed by atoms with Crippen molar-refractivity contribution in [3.05, 3.63) is 127 Å². The number of anilines is 6. The zero-order valence-electron chi connectivity index (χ0n) is 49.7. The summed E-state index contributed by atoms with van der Waals surface area (Å²) in [4.78, 5) is 31.3. The molecule has 5 aromatic heterocycles. The first-order valence-electron chi connectivity index (χ1n) is 27.3. The molecule has 23 heteroatoms. The van der Waals surface area contributed by atoms with Crippen molar-refractivity contribution in [2.75, 3.05) is 47.6 Å². The highest BCUT2D eigenvalue weighted by molar-refractivity contribution is 7.16. The van der Waals surface area contributed by atoms with Gasteiger partial charge in [0.05, 0.1) is 17.6 Å². The number of pyridine rings is 1. The Hall–Kier alpha value is -9.48. The predicted molar refractivity (Wildman–Crippen MR) is 324 cm³/mol. The summed E-state index contributed by atoms with van der Waals surface area (Å²) in [5, 5.41) is 76.3. The summed E-state index contributed by atoms with van der Waals surface area (Å²) in [5.41, 5.74) is 13.9. The minimum atomic E-state index is -0.881. The smallest absolute Gasteiger partial charge is 0.303 e. The molecule has 0 unspecified atom stereocenters. The normalized spacial score (nSPS) is 12.8. The second-order valence-electron chi connectivity index (χ2n) is 22.3. The van der Waals surface area contributed by atoms with E-state index in [0.717, 1.165) is 97.3 Å². The molecule has 0 fully saturated rings. The summed E-state index contributed by atoms with van der Waals surface area (Å²) in [6, 6.07) is 19.1. The number of hydrogen-bond donors (Lipinski definition) is 3. The topological polar surface area (TPSA) is 269 Å². The molecule has 0 atom stereocenters. The Morgan fingerprint density at radius 1 is 0.759 bits per heavy atom. The molecule has 1 aliphatic rings. The Morgan fingerprint density at radius 3 is 1.99 bits per heavy atom. The van der Waals surface area contributed by atoms with Gasteiger partial charge in [0.25, 0.3) is 0 Å². The molecule has 6 heterocycles. The number of carboxylic acid groups (broad SMARTS) is 1. The number of aliphatic carboxylic acids is 1. The van der Waals surface area contributed by atoms with Crippen molar-refractivity contribution in [1.29, 1.82) is 10.5 Å². The largest absolute Gasteiger partial charge is 0.481 e. The number of azo groups is 2. The quantitative estimate of drug-likeness (QED) is 0.0760. The highest BCUT2D eigenvalue weighted by Crippen LogP contribution is 2.42. The van der Waals surface area contributed by atoms with Crippen LogP contribution in [0, 0.1) is 91.9 Å². The number of hydrogen-bond acceptors (Lipinski definition) is 19. The predicted octanol–water partition coefficient (Wildman–Crippen LogP) is 13.3. The molecule has 3 N–H and O–H groups in total. The first-order valence-corrected chi connectivity index (χ1v) is 28.1. The Morgan fingerprint density at radius 2 is 1.37 bits per heavy atom. The second kappa shape index (κ2) is 23.5.